The third-order valence-corrected chi connectivity index (χ3v) is 5.30. The van der Waals surface area contributed by atoms with Crippen molar-refractivity contribution in [3.8, 4) is 0 Å². The molecule has 5 heteroatoms. The normalized spacial score (nSPS) is 11.2. The van der Waals surface area contributed by atoms with Gasteiger partial charge in [-0.2, -0.15) is 0 Å². The van der Waals surface area contributed by atoms with Gasteiger partial charge in [-0.05, 0) is 13.6 Å². The first kappa shape index (κ1) is 8.97. The third-order valence-electron chi connectivity index (χ3n) is 0.759. The lowest BCUT2D eigenvalue weighted by Crippen LogP contribution is -2.33. The predicted octanol–water partition coefficient (Wildman–Crippen LogP) is 1.09. The Kier molecular flexibility index (Phi) is 5.40. The molecular formula is C3H8Cl2NSi2. The molecule has 0 N–H and O–H groups in total. The molecule has 0 fully saturated rings. The van der Waals surface area contributed by atoms with Gasteiger partial charge in [-0.15, -0.1) is 22.7 Å². The van der Waals surface area contributed by atoms with E-state index in [1.54, 1.807) is 0 Å². The van der Waals surface area contributed by atoms with E-state index in [1.807, 2.05) is 13.6 Å². The Balaban J connectivity index is 3.17. The molecule has 0 rings (SSSR count). The Hall–Kier alpha value is 0.974. The number of rotatable bonds is 3. The average molecular weight is 185 g/mol. The lowest BCUT2D eigenvalue weighted by Gasteiger charge is -2.13. The van der Waals surface area contributed by atoms with Crippen molar-refractivity contribution in [1.82, 2.24) is 4.23 Å². The number of halogens is 2. The zero-order valence-corrected chi connectivity index (χ0v) is 8.42. The lowest BCUT2D eigenvalue weighted by atomic mass is 11.6. The summed E-state index contributed by atoms with van der Waals surface area (Å²) in [4.78, 5) is 0. The van der Waals surface area contributed by atoms with E-state index in [-0.39, 0.29) is 0 Å². The smallest absolute Gasteiger partial charge is 0.241 e. The highest BCUT2D eigenvalue weighted by atomic mass is 35.6. The summed E-state index contributed by atoms with van der Waals surface area (Å²) in [6.45, 7) is 2.03. The second-order valence-electron chi connectivity index (χ2n) is 1.35. The van der Waals surface area contributed by atoms with Crippen molar-refractivity contribution < 1.29 is 0 Å². The van der Waals surface area contributed by atoms with Gasteiger partial charge < -0.3 is 4.23 Å². The maximum absolute atomic E-state index is 5.78. The van der Waals surface area contributed by atoms with E-state index in [9.17, 15) is 0 Å². The Morgan fingerprint density at radius 2 is 2.25 bits per heavy atom. The van der Waals surface area contributed by atoms with Crippen LogP contribution < -0.4 is 0 Å². The Morgan fingerprint density at radius 3 is 2.38 bits per heavy atom. The van der Waals surface area contributed by atoms with Gasteiger partial charge >= 0.3 is 0 Å². The Bertz CT molecular complexity index is 61.2. The molecule has 0 saturated carbocycles. The van der Waals surface area contributed by atoms with Crippen LogP contribution in [0.15, 0.2) is 0 Å². The van der Waals surface area contributed by atoms with Crippen LogP contribution in [-0.4, -0.2) is 34.7 Å². The summed E-state index contributed by atoms with van der Waals surface area (Å²) in [6.07, 6.45) is 0. The number of hydrogen-bond acceptors (Lipinski definition) is 1. The van der Waals surface area contributed by atoms with Gasteiger partial charge in [0.15, 0.2) is 9.68 Å². The van der Waals surface area contributed by atoms with E-state index in [4.69, 9.17) is 22.7 Å². The van der Waals surface area contributed by atoms with Gasteiger partial charge in [0.05, 0.1) is 0 Å². The van der Waals surface area contributed by atoms with Gasteiger partial charge in [0.2, 0.25) is 8.27 Å². The molecule has 3 radical (unpaired) electrons. The minimum Gasteiger partial charge on any atom is -0.338 e. The van der Waals surface area contributed by atoms with Crippen LogP contribution in [0.4, 0.5) is 0 Å². The van der Waals surface area contributed by atoms with Gasteiger partial charge in [0.25, 0.3) is 0 Å². The third kappa shape index (κ3) is 3.91. The highest BCUT2D eigenvalue weighted by Gasteiger charge is 2.06. The fraction of sp³-hybridized carbons (Fsp3) is 1.00. The Labute approximate surface area is 64.3 Å². The molecule has 0 saturated heterocycles. The minimum atomic E-state index is -0.741. The molecule has 0 amide bonds. The summed E-state index contributed by atoms with van der Waals surface area (Å²) in [7, 11) is 1.94. The van der Waals surface area contributed by atoms with Crippen LogP contribution in [0.5, 0.6) is 0 Å². The molecule has 47 valence electrons. The van der Waals surface area contributed by atoms with E-state index >= 15 is 0 Å². The zero-order chi connectivity index (χ0) is 6.57. The van der Waals surface area contributed by atoms with Crippen LogP contribution in [0.2, 0.25) is 6.55 Å². The van der Waals surface area contributed by atoms with Gasteiger partial charge in [-0.3, -0.25) is 0 Å². The summed E-state index contributed by atoms with van der Waals surface area (Å²) in [5.41, 5.74) is 0.700. The SMILES string of the molecule is CN([Si]CCl)[Si](C)Cl. The highest BCUT2D eigenvalue weighted by Crippen LogP contribution is 1.92. The summed E-state index contributed by atoms with van der Waals surface area (Å²) in [5, 5.41) is 0. The minimum absolute atomic E-state index is 0.681. The molecule has 0 bridgehead atoms. The second-order valence-corrected chi connectivity index (χ2v) is 7.16. The molecule has 0 aliphatic rings. The van der Waals surface area contributed by atoms with Crippen LogP contribution >= 0.6 is 22.7 Å². The highest BCUT2D eigenvalue weighted by molar-refractivity contribution is 7.06. The van der Waals surface area contributed by atoms with Crippen molar-refractivity contribution in [2.45, 2.75) is 6.55 Å². The molecule has 0 aromatic carbocycles. The lowest BCUT2D eigenvalue weighted by molar-refractivity contribution is 0.845. The van der Waals surface area contributed by atoms with Crippen molar-refractivity contribution >= 4 is 40.6 Å². The van der Waals surface area contributed by atoms with Crippen molar-refractivity contribution in [2.24, 2.45) is 0 Å². The van der Waals surface area contributed by atoms with E-state index < -0.39 is 8.27 Å². The van der Waals surface area contributed by atoms with Crippen molar-refractivity contribution in [3.05, 3.63) is 0 Å². The molecule has 0 unspecified atom stereocenters. The Morgan fingerprint density at radius 1 is 1.75 bits per heavy atom. The van der Waals surface area contributed by atoms with Crippen molar-refractivity contribution in [2.75, 3.05) is 12.6 Å². The topological polar surface area (TPSA) is 3.24 Å². The monoisotopic (exact) mass is 184 g/mol. The zero-order valence-electron chi connectivity index (χ0n) is 4.91. The number of hydrogen-bond donors (Lipinski definition) is 0. The van der Waals surface area contributed by atoms with Gasteiger partial charge in [-0.25, -0.2) is 0 Å². The average Bonchev–Trinajstić information content (AvgIpc) is 1.67. The van der Waals surface area contributed by atoms with E-state index in [0.717, 1.165) is 0 Å². The van der Waals surface area contributed by atoms with Crippen LogP contribution in [0.25, 0.3) is 0 Å². The van der Waals surface area contributed by atoms with E-state index in [2.05, 4.69) is 4.23 Å². The first-order valence-corrected chi connectivity index (χ1v) is 6.85. The molecule has 0 heterocycles. The molecule has 0 aromatic heterocycles. The standard InChI is InChI=1S/C3H8Cl2NSi2/c1-6(7-3-4)8(2)5/h3H2,1-2H3. The van der Waals surface area contributed by atoms with E-state index in [0.29, 0.717) is 15.2 Å². The first-order valence-electron chi connectivity index (χ1n) is 2.20. The largest absolute Gasteiger partial charge is 0.338 e. The van der Waals surface area contributed by atoms with Gasteiger partial charge in [-0.1, -0.05) is 0 Å². The second kappa shape index (κ2) is 4.82. The molecule has 0 aliphatic carbocycles. The quantitative estimate of drug-likeness (QED) is 0.361. The number of alkyl halides is 1. The molecule has 0 spiro atoms. The van der Waals surface area contributed by atoms with Crippen molar-refractivity contribution in [1.29, 1.82) is 0 Å². The maximum Gasteiger partial charge on any atom is 0.241 e. The fourth-order valence-corrected chi connectivity index (χ4v) is 2.86. The van der Waals surface area contributed by atoms with E-state index in [1.165, 1.54) is 0 Å². The molecule has 8 heavy (non-hydrogen) atoms. The van der Waals surface area contributed by atoms with Gasteiger partial charge in [0, 0.05) is 5.50 Å². The van der Waals surface area contributed by atoms with Crippen LogP contribution in [-0.2, 0) is 0 Å². The van der Waals surface area contributed by atoms with Crippen LogP contribution in [0.1, 0.15) is 0 Å². The molecule has 0 aromatic rings. The first-order chi connectivity index (χ1) is 3.68. The molecule has 0 aliphatic heterocycles. The molecular weight excluding hydrogens is 177 g/mol. The summed E-state index contributed by atoms with van der Waals surface area (Å²) < 4.78 is 2.11. The van der Waals surface area contributed by atoms with Crippen molar-refractivity contribution in [3.63, 3.8) is 0 Å². The summed E-state index contributed by atoms with van der Waals surface area (Å²) in [6, 6.07) is 0. The predicted molar refractivity (Wildman–Crippen MR) is 41.7 cm³/mol. The van der Waals surface area contributed by atoms with Crippen LogP contribution in [0, 0.1) is 0 Å². The molecule has 1 nitrogen and oxygen atoms in total. The maximum atomic E-state index is 5.78. The number of nitrogens with zero attached hydrogens (tertiary/aromatic N) is 1. The van der Waals surface area contributed by atoms with Gasteiger partial charge in [0.1, 0.15) is 0 Å². The van der Waals surface area contributed by atoms with Crippen LogP contribution in [0.3, 0.4) is 0 Å². The summed E-state index contributed by atoms with van der Waals surface area (Å²) in [5.74, 6) is 0. The molecule has 0 atom stereocenters. The fourth-order valence-electron chi connectivity index (χ4n) is 0.199. The summed E-state index contributed by atoms with van der Waals surface area (Å²) >= 11 is 11.3.